The van der Waals surface area contributed by atoms with Gasteiger partial charge in [-0.3, -0.25) is 4.79 Å². The molecular formula is C18H12F6N2O3. The Morgan fingerprint density at radius 3 is 2.21 bits per heavy atom. The molecule has 0 saturated carbocycles. The van der Waals surface area contributed by atoms with Crippen molar-refractivity contribution in [1.29, 1.82) is 0 Å². The average molecular weight is 418 g/mol. The molecule has 3 rings (SSSR count). The van der Waals surface area contributed by atoms with Gasteiger partial charge in [0.25, 0.3) is 5.60 Å². The molecule has 29 heavy (non-hydrogen) atoms. The van der Waals surface area contributed by atoms with Crippen molar-refractivity contribution in [1.82, 2.24) is 0 Å². The maximum atomic E-state index is 13.9. The topological polar surface area (TPSA) is 73.9 Å². The van der Waals surface area contributed by atoms with E-state index in [-0.39, 0.29) is 16.8 Å². The number of ether oxygens (including phenoxy) is 1. The molecule has 2 N–H and O–H groups in total. The Hall–Kier alpha value is -3.24. The average Bonchev–Trinajstić information content (AvgIpc) is 3.07. The van der Waals surface area contributed by atoms with Crippen LogP contribution in [0.1, 0.15) is 27.9 Å². The third-order valence-electron chi connectivity index (χ3n) is 4.24. The minimum atomic E-state index is -4.98. The number of carbonyl (C=O) groups excluding carboxylic acids is 1. The lowest BCUT2D eigenvalue weighted by Gasteiger charge is -2.29. The lowest BCUT2D eigenvalue weighted by atomic mass is 9.85. The molecule has 2 aromatic carbocycles. The maximum absolute atomic E-state index is 13.9. The molecule has 0 radical (unpaired) electrons. The number of primary amides is 1. The van der Waals surface area contributed by atoms with Gasteiger partial charge >= 0.3 is 12.5 Å². The number of amides is 1. The van der Waals surface area contributed by atoms with E-state index in [4.69, 9.17) is 10.6 Å². The number of oxime groups is 1. The fourth-order valence-electron chi connectivity index (χ4n) is 2.92. The third-order valence-corrected chi connectivity index (χ3v) is 4.24. The summed E-state index contributed by atoms with van der Waals surface area (Å²) in [6.45, 7) is 0. The summed E-state index contributed by atoms with van der Waals surface area (Å²) in [7, 11) is 0. The Morgan fingerprint density at radius 2 is 1.66 bits per heavy atom. The van der Waals surface area contributed by atoms with Crippen LogP contribution in [0.5, 0.6) is 5.75 Å². The standard InChI is InChI=1S/C18H12F6N2O3/c19-17(20,21)16(10-5-7-11(8-6-10)28-18(22,23)24)9-14(26-29-16)12-3-1-2-4-13(12)15(25)27/h1-8H,9H2,(H2,25,27). The van der Waals surface area contributed by atoms with Crippen LogP contribution in [-0.2, 0) is 10.4 Å². The van der Waals surface area contributed by atoms with Gasteiger partial charge in [0.1, 0.15) is 5.75 Å². The molecule has 0 saturated heterocycles. The number of nitrogens with zero attached hydrogens (tertiary/aromatic N) is 1. The molecule has 0 aromatic heterocycles. The van der Waals surface area contributed by atoms with E-state index in [1.54, 1.807) is 0 Å². The first-order chi connectivity index (χ1) is 13.4. The molecule has 1 amide bonds. The molecule has 0 bridgehead atoms. The van der Waals surface area contributed by atoms with E-state index in [1.807, 2.05) is 0 Å². The Morgan fingerprint density at radius 1 is 1.03 bits per heavy atom. The van der Waals surface area contributed by atoms with Gasteiger partial charge in [-0.2, -0.15) is 13.2 Å². The molecule has 2 aromatic rings. The number of benzene rings is 2. The summed E-state index contributed by atoms with van der Waals surface area (Å²) in [5, 5.41) is 3.50. The highest BCUT2D eigenvalue weighted by Crippen LogP contribution is 2.49. The number of alkyl halides is 6. The smallest absolute Gasteiger partial charge is 0.406 e. The number of hydrogen-bond acceptors (Lipinski definition) is 4. The molecule has 1 aliphatic rings. The van der Waals surface area contributed by atoms with Crippen LogP contribution >= 0.6 is 0 Å². The summed E-state index contributed by atoms with van der Waals surface area (Å²) in [6, 6.07) is 8.79. The molecular weight excluding hydrogens is 406 g/mol. The molecule has 0 aliphatic carbocycles. The lowest BCUT2D eigenvalue weighted by molar-refractivity contribution is -0.277. The van der Waals surface area contributed by atoms with Crippen molar-refractivity contribution in [3.63, 3.8) is 0 Å². The van der Waals surface area contributed by atoms with Gasteiger partial charge in [0, 0.05) is 23.1 Å². The minimum Gasteiger partial charge on any atom is -0.406 e. The van der Waals surface area contributed by atoms with Gasteiger partial charge in [0.15, 0.2) is 0 Å². The van der Waals surface area contributed by atoms with E-state index in [0.717, 1.165) is 24.3 Å². The van der Waals surface area contributed by atoms with E-state index >= 15 is 0 Å². The van der Waals surface area contributed by atoms with Crippen molar-refractivity contribution in [3.05, 3.63) is 65.2 Å². The van der Waals surface area contributed by atoms with Gasteiger partial charge in [-0.15, -0.1) is 13.2 Å². The summed E-state index contributed by atoms with van der Waals surface area (Å²) in [5.41, 5.74) is 1.69. The van der Waals surface area contributed by atoms with E-state index in [1.165, 1.54) is 24.3 Å². The van der Waals surface area contributed by atoms with E-state index in [9.17, 15) is 31.1 Å². The zero-order valence-electron chi connectivity index (χ0n) is 14.3. The van der Waals surface area contributed by atoms with Crippen molar-refractivity contribution in [2.24, 2.45) is 10.9 Å². The predicted molar refractivity (Wildman–Crippen MR) is 88.1 cm³/mol. The maximum Gasteiger partial charge on any atom is 0.573 e. The van der Waals surface area contributed by atoms with Gasteiger partial charge in [-0.05, 0) is 18.2 Å². The highest BCUT2D eigenvalue weighted by molar-refractivity contribution is 6.10. The van der Waals surface area contributed by atoms with E-state index in [0.29, 0.717) is 0 Å². The number of nitrogens with two attached hydrogens (primary N) is 1. The predicted octanol–water partition coefficient (Wildman–Crippen LogP) is 4.27. The van der Waals surface area contributed by atoms with Crippen LogP contribution < -0.4 is 10.5 Å². The molecule has 1 unspecified atom stereocenters. The second-order valence-corrected chi connectivity index (χ2v) is 6.11. The first kappa shape index (κ1) is 20.5. The van der Waals surface area contributed by atoms with Crippen LogP contribution in [0.4, 0.5) is 26.3 Å². The van der Waals surface area contributed by atoms with E-state index < -0.39 is 41.8 Å². The molecule has 0 spiro atoms. The summed E-state index contributed by atoms with van der Waals surface area (Å²) < 4.78 is 82.2. The second kappa shape index (κ2) is 6.98. The van der Waals surface area contributed by atoms with Gasteiger partial charge in [0.05, 0.1) is 5.71 Å². The van der Waals surface area contributed by atoms with Crippen molar-refractivity contribution in [2.75, 3.05) is 0 Å². The van der Waals surface area contributed by atoms with Crippen LogP contribution in [0.3, 0.4) is 0 Å². The number of hydrogen-bond donors (Lipinski definition) is 1. The zero-order chi connectivity index (χ0) is 21.4. The Balaban J connectivity index is 1.97. The van der Waals surface area contributed by atoms with Crippen molar-refractivity contribution >= 4 is 11.6 Å². The highest BCUT2D eigenvalue weighted by atomic mass is 19.4. The van der Waals surface area contributed by atoms with Gasteiger partial charge in [-0.25, -0.2) is 0 Å². The van der Waals surface area contributed by atoms with Crippen molar-refractivity contribution in [3.8, 4) is 5.75 Å². The number of carbonyl (C=O) groups is 1. The SMILES string of the molecule is NC(=O)c1ccccc1C1=NOC(c2ccc(OC(F)(F)F)cc2)(C(F)(F)F)C1. The van der Waals surface area contributed by atoms with Crippen LogP contribution in [0, 0.1) is 0 Å². The van der Waals surface area contributed by atoms with Crippen LogP contribution in [0.2, 0.25) is 0 Å². The van der Waals surface area contributed by atoms with Crippen LogP contribution in [0.15, 0.2) is 53.7 Å². The Bertz CT molecular complexity index is 953. The van der Waals surface area contributed by atoms with Crippen LogP contribution in [-0.4, -0.2) is 24.2 Å². The Labute approximate surface area is 159 Å². The molecule has 1 heterocycles. The molecule has 0 fully saturated rings. The Kier molecular flexibility index (Phi) is 4.93. The highest BCUT2D eigenvalue weighted by Gasteiger charge is 2.62. The lowest BCUT2D eigenvalue weighted by Crippen LogP contribution is -2.42. The van der Waals surface area contributed by atoms with Gasteiger partial charge in [-0.1, -0.05) is 35.5 Å². The molecule has 5 nitrogen and oxygen atoms in total. The quantitative estimate of drug-likeness (QED) is 0.754. The summed E-state index contributed by atoms with van der Waals surface area (Å²) in [6.07, 6.45) is -10.8. The molecule has 11 heteroatoms. The number of halogens is 6. The van der Waals surface area contributed by atoms with Crippen molar-refractivity contribution < 1.29 is 40.7 Å². The number of rotatable bonds is 4. The monoisotopic (exact) mass is 418 g/mol. The first-order valence-electron chi connectivity index (χ1n) is 8.00. The fourth-order valence-corrected chi connectivity index (χ4v) is 2.92. The first-order valence-corrected chi connectivity index (χ1v) is 8.00. The normalized spacial score (nSPS) is 19.4. The molecule has 1 atom stereocenters. The fraction of sp³-hybridized carbons (Fsp3) is 0.222. The van der Waals surface area contributed by atoms with E-state index in [2.05, 4.69) is 9.89 Å². The molecule has 1 aliphatic heterocycles. The summed E-state index contributed by atoms with van der Waals surface area (Å²) in [4.78, 5) is 16.3. The molecule has 154 valence electrons. The minimum absolute atomic E-state index is 0.0400. The third kappa shape index (κ3) is 3.98. The van der Waals surface area contributed by atoms with Gasteiger partial charge < -0.3 is 15.3 Å². The van der Waals surface area contributed by atoms with Crippen molar-refractivity contribution in [2.45, 2.75) is 24.6 Å². The summed E-state index contributed by atoms with van der Waals surface area (Å²) >= 11 is 0. The largest absolute Gasteiger partial charge is 0.573 e. The summed E-state index contributed by atoms with van der Waals surface area (Å²) in [5.74, 6) is -1.54. The second-order valence-electron chi connectivity index (χ2n) is 6.11. The van der Waals surface area contributed by atoms with Gasteiger partial charge in [0.2, 0.25) is 5.91 Å². The van der Waals surface area contributed by atoms with Crippen LogP contribution in [0.25, 0.3) is 0 Å². The zero-order valence-corrected chi connectivity index (χ0v) is 14.3.